The Bertz CT molecular complexity index is 526. The molecule has 0 bridgehead atoms. The highest BCUT2D eigenvalue weighted by Crippen LogP contribution is 2.30. The molecular formula is C12H10ClF2NOS. The zero-order chi connectivity index (χ0) is 13.1. The Kier molecular flexibility index (Phi) is 4.16. The minimum absolute atomic E-state index is 0.104. The molecule has 0 amide bonds. The molecule has 0 saturated heterocycles. The Morgan fingerprint density at radius 2 is 1.89 bits per heavy atom. The van der Waals surface area contributed by atoms with Gasteiger partial charge in [0.05, 0.1) is 4.34 Å². The number of halogens is 3. The van der Waals surface area contributed by atoms with E-state index in [2.05, 4.69) is 0 Å². The van der Waals surface area contributed by atoms with Crippen molar-refractivity contribution in [3.05, 3.63) is 51.2 Å². The Labute approximate surface area is 112 Å². The molecule has 2 nitrogen and oxygen atoms in total. The summed E-state index contributed by atoms with van der Waals surface area (Å²) in [6, 6.07) is 6.51. The number of benzene rings is 1. The fraction of sp³-hybridized carbons (Fsp3) is 0.167. The van der Waals surface area contributed by atoms with Crippen LogP contribution in [0.1, 0.15) is 11.0 Å². The lowest BCUT2D eigenvalue weighted by molar-refractivity contribution is 0.216. The molecule has 0 fully saturated rings. The molecule has 1 heterocycles. The summed E-state index contributed by atoms with van der Waals surface area (Å²) < 4.78 is 32.1. The molecule has 1 atom stereocenters. The molecule has 1 aromatic heterocycles. The van der Waals surface area contributed by atoms with Crippen LogP contribution in [0.2, 0.25) is 4.34 Å². The lowest BCUT2D eigenvalue weighted by Crippen LogP contribution is -2.17. The summed E-state index contributed by atoms with van der Waals surface area (Å²) >= 11 is 7.14. The predicted octanol–water partition coefficient (Wildman–Crippen LogP) is 3.76. The number of thiophene rings is 1. The van der Waals surface area contributed by atoms with Crippen molar-refractivity contribution in [1.82, 2.24) is 0 Å². The summed E-state index contributed by atoms with van der Waals surface area (Å²) in [6.07, 6.45) is -0.469. The topological polar surface area (TPSA) is 35.2 Å². The summed E-state index contributed by atoms with van der Waals surface area (Å²) in [5, 5.41) is 0. The Balaban J connectivity index is 2.20. The van der Waals surface area contributed by atoms with Gasteiger partial charge in [0.15, 0.2) is 0 Å². The molecule has 2 rings (SSSR count). The number of hydrogen-bond donors (Lipinski definition) is 1. The Morgan fingerprint density at radius 1 is 1.22 bits per heavy atom. The zero-order valence-electron chi connectivity index (χ0n) is 9.20. The molecule has 1 aromatic carbocycles. The molecule has 2 aromatic rings. The van der Waals surface area contributed by atoms with Gasteiger partial charge < -0.3 is 10.5 Å². The van der Waals surface area contributed by atoms with E-state index in [4.69, 9.17) is 22.1 Å². The van der Waals surface area contributed by atoms with E-state index in [1.165, 1.54) is 11.3 Å². The van der Waals surface area contributed by atoms with E-state index in [1.54, 1.807) is 12.1 Å². The third-order valence-corrected chi connectivity index (χ3v) is 3.56. The fourth-order valence-corrected chi connectivity index (χ4v) is 2.59. The van der Waals surface area contributed by atoms with Crippen LogP contribution in [0.4, 0.5) is 8.78 Å². The quantitative estimate of drug-likeness (QED) is 0.930. The van der Waals surface area contributed by atoms with Crippen molar-refractivity contribution < 1.29 is 13.5 Å². The summed E-state index contributed by atoms with van der Waals surface area (Å²) in [6.45, 7) is 0.189. The SMILES string of the molecule is NCC(Oc1cc(F)cc(F)c1)c1ccc(Cl)s1. The second-order valence-electron chi connectivity index (χ2n) is 3.59. The summed E-state index contributed by atoms with van der Waals surface area (Å²) in [5.41, 5.74) is 5.59. The Morgan fingerprint density at radius 3 is 2.39 bits per heavy atom. The fourth-order valence-electron chi connectivity index (χ4n) is 1.48. The molecule has 18 heavy (non-hydrogen) atoms. The van der Waals surface area contributed by atoms with Gasteiger partial charge >= 0.3 is 0 Å². The first kappa shape index (κ1) is 13.3. The van der Waals surface area contributed by atoms with Crippen molar-refractivity contribution in [3.63, 3.8) is 0 Å². The van der Waals surface area contributed by atoms with Gasteiger partial charge in [-0.1, -0.05) is 11.6 Å². The lowest BCUT2D eigenvalue weighted by Gasteiger charge is -2.16. The highest BCUT2D eigenvalue weighted by molar-refractivity contribution is 7.16. The van der Waals surface area contributed by atoms with Crippen LogP contribution in [0, 0.1) is 11.6 Å². The van der Waals surface area contributed by atoms with Crippen molar-refractivity contribution >= 4 is 22.9 Å². The lowest BCUT2D eigenvalue weighted by atomic mass is 10.2. The van der Waals surface area contributed by atoms with Gasteiger partial charge in [-0.15, -0.1) is 11.3 Å². The van der Waals surface area contributed by atoms with E-state index in [0.29, 0.717) is 4.34 Å². The average molecular weight is 290 g/mol. The number of ether oxygens (including phenoxy) is 1. The van der Waals surface area contributed by atoms with Crippen LogP contribution in [0.3, 0.4) is 0 Å². The molecule has 0 aliphatic heterocycles. The standard InChI is InChI=1S/C12H10ClF2NOS/c13-12-2-1-11(18-12)10(6-16)17-9-4-7(14)3-8(15)5-9/h1-5,10H,6,16H2. The number of rotatable bonds is 4. The first-order valence-electron chi connectivity index (χ1n) is 5.16. The van der Waals surface area contributed by atoms with E-state index in [9.17, 15) is 8.78 Å². The van der Waals surface area contributed by atoms with Crippen molar-refractivity contribution in [1.29, 1.82) is 0 Å². The van der Waals surface area contributed by atoms with Gasteiger partial charge in [-0.2, -0.15) is 0 Å². The maximum absolute atomic E-state index is 13.0. The molecule has 96 valence electrons. The third-order valence-electron chi connectivity index (χ3n) is 2.24. The summed E-state index contributed by atoms with van der Waals surface area (Å²) in [4.78, 5) is 0.812. The normalized spacial score (nSPS) is 12.4. The van der Waals surface area contributed by atoms with Gasteiger partial charge in [0.1, 0.15) is 23.5 Å². The average Bonchev–Trinajstić information content (AvgIpc) is 2.71. The molecule has 6 heteroatoms. The van der Waals surface area contributed by atoms with Gasteiger partial charge in [-0.3, -0.25) is 0 Å². The van der Waals surface area contributed by atoms with Gasteiger partial charge in [0, 0.05) is 29.6 Å². The first-order valence-corrected chi connectivity index (χ1v) is 6.36. The largest absolute Gasteiger partial charge is 0.483 e. The molecule has 0 spiro atoms. The molecule has 1 unspecified atom stereocenters. The minimum atomic E-state index is -0.690. The third kappa shape index (κ3) is 3.19. The predicted molar refractivity (Wildman–Crippen MR) is 68.1 cm³/mol. The van der Waals surface area contributed by atoms with Gasteiger partial charge in [0.2, 0.25) is 0 Å². The summed E-state index contributed by atoms with van der Waals surface area (Å²) in [7, 11) is 0. The zero-order valence-corrected chi connectivity index (χ0v) is 10.8. The van der Waals surface area contributed by atoms with E-state index in [-0.39, 0.29) is 12.3 Å². The smallest absolute Gasteiger partial charge is 0.145 e. The minimum Gasteiger partial charge on any atom is -0.483 e. The molecule has 0 saturated carbocycles. The van der Waals surface area contributed by atoms with Crippen LogP contribution in [0.25, 0.3) is 0 Å². The van der Waals surface area contributed by atoms with Crippen LogP contribution >= 0.6 is 22.9 Å². The monoisotopic (exact) mass is 289 g/mol. The van der Waals surface area contributed by atoms with Crippen LogP contribution in [-0.4, -0.2) is 6.54 Å². The van der Waals surface area contributed by atoms with Crippen LogP contribution in [0.5, 0.6) is 5.75 Å². The second kappa shape index (κ2) is 5.65. The van der Waals surface area contributed by atoms with Crippen LogP contribution < -0.4 is 10.5 Å². The van der Waals surface area contributed by atoms with Crippen LogP contribution in [-0.2, 0) is 0 Å². The van der Waals surface area contributed by atoms with Crippen molar-refractivity contribution in [2.45, 2.75) is 6.10 Å². The van der Waals surface area contributed by atoms with E-state index in [0.717, 1.165) is 23.1 Å². The molecule has 0 radical (unpaired) electrons. The van der Waals surface area contributed by atoms with Crippen molar-refractivity contribution in [2.24, 2.45) is 5.73 Å². The maximum Gasteiger partial charge on any atom is 0.145 e. The van der Waals surface area contributed by atoms with E-state index < -0.39 is 17.7 Å². The molecule has 0 aliphatic rings. The van der Waals surface area contributed by atoms with Crippen molar-refractivity contribution in [2.75, 3.05) is 6.54 Å². The van der Waals surface area contributed by atoms with Crippen molar-refractivity contribution in [3.8, 4) is 5.75 Å². The van der Waals surface area contributed by atoms with E-state index in [1.807, 2.05) is 0 Å². The summed E-state index contributed by atoms with van der Waals surface area (Å²) in [5.74, 6) is -1.28. The molecule has 2 N–H and O–H groups in total. The van der Waals surface area contributed by atoms with Gasteiger partial charge in [-0.25, -0.2) is 8.78 Å². The molecule has 0 aliphatic carbocycles. The number of hydrogen-bond acceptors (Lipinski definition) is 3. The van der Waals surface area contributed by atoms with Gasteiger partial charge in [-0.05, 0) is 12.1 Å². The maximum atomic E-state index is 13.0. The number of nitrogens with two attached hydrogens (primary N) is 1. The Hall–Kier alpha value is -1.17. The highest BCUT2D eigenvalue weighted by Gasteiger charge is 2.15. The van der Waals surface area contributed by atoms with E-state index >= 15 is 0 Å². The first-order chi connectivity index (χ1) is 8.58. The molecular weight excluding hydrogens is 280 g/mol. The highest BCUT2D eigenvalue weighted by atomic mass is 35.5. The van der Waals surface area contributed by atoms with Gasteiger partial charge in [0.25, 0.3) is 0 Å². The van der Waals surface area contributed by atoms with Crippen LogP contribution in [0.15, 0.2) is 30.3 Å². The second-order valence-corrected chi connectivity index (χ2v) is 5.34.